The predicted molar refractivity (Wildman–Crippen MR) is 114 cm³/mol. The van der Waals surface area contributed by atoms with Crippen LogP contribution in [0.2, 0.25) is 5.02 Å². The Morgan fingerprint density at radius 1 is 1.23 bits per heavy atom. The topological polar surface area (TPSA) is 106 Å². The summed E-state index contributed by atoms with van der Waals surface area (Å²) < 4.78 is 37.4. The molecule has 1 aliphatic rings. The van der Waals surface area contributed by atoms with Crippen molar-refractivity contribution >= 4 is 33.5 Å². The molecule has 10 heteroatoms. The molecular weight excluding hydrogens is 444 g/mol. The second-order valence-electron chi connectivity index (χ2n) is 7.50. The molecule has 0 aliphatic heterocycles. The highest BCUT2D eigenvalue weighted by molar-refractivity contribution is 7.89. The van der Waals surface area contributed by atoms with Gasteiger partial charge in [0.2, 0.25) is 15.9 Å². The lowest BCUT2D eigenvalue weighted by molar-refractivity contribution is -0.142. The van der Waals surface area contributed by atoms with Crippen LogP contribution in [0.25, 0.3) is 0 Å². The Morgan fingerprint density at radius 2 is 1.94 bits per heavy atom. The maximum atomic E-state index is 13.1. The van der Waals surface area contributed by atoms with Gasteiger partial charge in [-0.2, -0.15) is 4.31 Å². The smallest absolute Gasteiger partial charge is 0.305 e. The summed E-state index contributed by atoms with van der Waals surface area (Å²) in [4.78, 5) is 23.8. The van der Waals surface area contributed by atoms with E-state index in [1.54, 1.807) is 12.1 Å². The molecule has 3 rings (SSSR count). The third-order valence-electron chi connectivity index (χ3n) is 5.24. The summed E-state index contributed by atoms with van der Waals surface area (Å²) in [6.45, 7) is 0.00563. The minimum absolute atomic E-state index is 0.00416. The molecule has 2 aromatic rings. The van der Waals surface area contributed by atoms with Gasteiger partial charge in [-0.15, -0.1) is 0 Å². The summed E-state index contributed by atoms with van der Waals surface area (Å²) in [7, 11) is -2.50. The van der Waals surface area contributed by atoms with Crippen LogP contribution in [0.15, 0.2) is 52.0 Å². The Morgan fingerprint density at radius 3 is 2.55 bits per heavy atom. The number of amides is 1. The minimum Gasteiger partial charge on any atom is -0.469 e. The van der Waals surface area contributed by atoms with Gasteiger partial charge in [0.15, 0.2) is 0 Å². The third-order valence-corrected chi connectivity index (χ3v) is 7.35. The Balaban J connectivity index is 1.58. The molecule has 1 N–H and O–H groups in total. The zero-order chi connectivity index (χ0) is 22.4. The summed E-state index contributed by atoms with van der Waals surface area (Å²) in [6.07, 6.45) is 3.24. The second-order valence-corrected chi connectivity index (χ2v) is 9.88. The molecule has 0 radical (unpaired) electrons. The lowest BCUT2D eigenvalue weighted by Crippen LogP contribution is -2.45. The number of rotatable bonds is 10. The molecule has 0 spiro atoms. The SMILES string of the molecule is COC(=O)CC1CC(NC(=O)CCN(Cc2ccco2)S(=O)(=O)c2ccc(Cl)cc2)C1. The van der Waals surface area contributed by atoms with E-state index in [0.29, 0.717) is 30.0 Å². The molecule has 8 nitrogen and oxygen atoms in total. The van der Waals surface area contributed by atoms with Gasteiger partial charge in [-0.3, -0.25) is 9.59 Å². The first-order valence-electron chi connectivity index (χ1n) is 9.92. The normalized spacial score (nSPS) is 18.4. The van der Waals surface area contributed by atoms with Crippen LogP contribution in [-0.4, -0.2) is 44.3 Å². The van der Waals surface area contributed by atoms with Crippen LogP contribution in [0.5, 0.6) is 0 Å². The van der Waals surface area contributed by atoms with Gasteiger partial charge < -0.3 is 14.5 Å². The Kier molecular flexibility index (Phi) is 7.74. The van der Waals surface area contributed by atoms with Crippen LogP contribution >= 0.6 is 11.6 Å². The van der Waals surface area contributed by atoms with E-state index in [1.807, 2.05) is 0 Å². The number of benzene rings is 1. The van der Waals surface area contributed by atoms with Crippen LogP contribution in [0.3, 0.4) is 0 Å². The van der Waals surface area contributed by atoms with E-state index < -0.39 is 10.0 Å². The van der Waals surface area contributed by atoms with Gasteiger partial charge in [0, 0.05) is 30.5 Å². The first-order valence-corrected chi connectivity index (χ1v) is 11.7. The van der Waals surface area contributed by atoms with E-state index in [9.17, 15) is 18.0 Å². The standard InChI is InChI=1S/C21H25ClN2O6S/c1-29-21(26)13-15-11-17(12-15)23-20(25)8-9-24(14-18-3-2-10-30-18)31(27,28)19-6-4-16(22)5-7-19/h2-7,10,15,17H,8-9,11-14H2,1H3,(H,23,25). The Bertz CT molecular complexity index is 985. The number of esters is 1. The van der Waals surface area contributed by atoms with Crippen molar-refractivity contribution in [3.8, 4) is 0 Å². The molecular formula is C21H25ClN2O6S. The molecule has 1 aliphatic carbocycles. The summed E-state index contributed by atoms with van der Waals surface area (Å²) in [5, 5.41) is 3.33. The van der Waals surface area contributed by atoms with E-state index >= 15 is 0 Å². The van der Waals surface area contributed by atoms with Crippen molar-refractivity contribution in [3.63, 3.8) is 0 Å². The Hall–Kier alpha value is -2.36. The third kappa shape index (κ3) is 6.32. The van der Waals surface area contributed by atoms with E-state index in [4.69, 9.17) is 16.0 Å². The number of ether oxygens (including phenoxy) is 1. The van der Waals surface area contributed by atoms with Gasteiger partial charge in [0.25, 0.3) is 0 Å². The lowest BCUT2D eigenvalue weighted by atomic mass is 9.78. The maximum Gasteiger partial charge on any atom is 0.305 e. The molecule has 0 bridgehead atoms. The van der Waals surface area contributed by atoms with E-state index in [-0.39, 0.29) is 48.2 Å². The van der Waals surface area contributed by atoms with E-state index in [1.165, 1.54) is 41.9 Å². The minimum atomic E-state index is -3.85. The molecule has 1 amide bonds. The molecule has 31 heavy (non-hydrogen) atoms. The number of hydrogen-bond acceptors (Lipinski definition) is 6. The number of furan rings is 1. The fraction of sp³-hybridized carbons (Fsp3) is 0.429. The molecule has 1 aromatic heterocycles. The molecule has 1 heterocycles. The van der Waals surface area contributed by atoms with E-state index in [2.05, 4.69) is 10.1 Å². The highest BCUT2D eigenvalue weighted by Gasteiger charge is 2.32. The van der Waals surface area contributed by atoms with Crippen LogP contribution in [0, 0.1) is 5.92 Å². The summed E-state index contributed by atoms with van der Waals surface area (Å²) in [5.41, 5.74) is 0. The average molecular weight is 469 g/mol. The largest absolute Gasteiger partial charge is 0.469 e. The zero-order valence-corrected chi connectivity index (χ0v) is 18.7. The second kappa shape index (κ2) is 10.3. The van der Waals surface area contributed by atoms with E-state index in [0.717, 1.165) is 0 Å². The van der Waals surface area contributed by atoms with Crippen LogP contribution < -0.4 is 5.32 Å². The summed E-state index contributed by atoms with van der Waals surface area (Å²) >= 11 is 5.87. The van der Waals surface area contributed by atoms with Gasteiger partial charge in [-0.25, -0.2) is 8.42 Å². The van der Waals surface area contributed by atoms with Crippen molar-refractivity contribution in [2.45, 2.75) is 43.2 Å². The first-order chi connectivity index (χ1) is 14.8. The average Bonchev–Trinajstić information content (AvgIpc) is 3.22. The van der Waals surface area contributed by atoms with Gasteiger partial charge in [-0.1, -0.05) is 11.6 Å². The molecule has 168 valence electrons. The lowest BCUT2D eigenvalue weighted by Gasteiger charge is -2.35. The fourth-order valence-electron chi connectivity index (χ4n) is 3.48. The monoisotopic (exact) mass is 468 g/mol. The van der Waals surface area contributed by atoms with Crippen LogP contribution in [0.4, 0.5) is 0 Å². The number of nitrogens with one attached hydrogen (secondary N) is 1. The highest BCUT2D eigenvalue weighted by atomic mass is 35.5. The number of hydrogen-bond donors (Lipinski definition) is 1. The number of sulfonamides is 1. The van der Waals surface area contributed by atoms with Gasteiger partial charge in [0.05, 0.1) is 24.8 Å². The summed E-state index contributed by atoms with van der Waals surface area (Å²) in [5.74, 6) is 0.189. The summed E-state index contributed by atoms with van der Waals surface area (Å²) in [6, 6.07) is 9.23. The predicted octanol–water partition coefficient (Wildman–Crippen LogP) is 2.97. The zero-order valence-electron chi connectivity index (χ0n) is 17.1. The number of methoxy groups -OCH3 is 1. The van der Waals surface area contributed by atoms with Crippen molar-refractivity contribution in [1.82, 2.24) is 9.62 Å². The van der Waals surface area contributed by atoms with Gasteiger partial charge in [-0.05, 0) is 55.2 Å². The number of carbonyl (C=O) groups is 2. The Labute approximate surface area is 186 Å². The van der Waals surface area contributed by atoms with Crippen molar-refractivity contribution < 1.29 is 27.2 Å². The van der Waals surface area contributed by atoms with Gasteiger partial charge >= 0.3 is 5.97 Å². The molecule has 1 aromatic carbocycles. The van der Waals surface area contributed by atoms with Crippen LogP contribution in [-0.2, 0) is 30.9 Å². The van der Waals surface area contributed by atoms with Crippen molar-refractivity contribution in [2.75, 3.05) is 13.7 Å². The molecule has 0 unspecified atom stereocenters. The number of carbonyl (C=O) groups excluding carboxylic acids is 2. The first kappa shape index (κ1) is 23.3. The highest BCUT2D eigenvalue weighted by Crippen LogP contribution is 2.30. The van der Waals surface area contributed by atoms with Gasteiger partial charge in [0.1, 0.15) is 5.76 Å². The molecule has 0 saturated heterocycles. The maximum absolute atomic E-state index is 13.1. The molecule has 0 atom stereocenters. The molecule has 1 fully saturated rings. The number of halogens is 1. The fourth-order valence-corrected chi connectivity index (χ4v) is 5.01. The molecule has 1 saturated carbocycles. The number of nitrogens with zero attached hydrogens (tertiary/aromatic N) is 1. The quantitative estimate of drug-likeness (QED) is 0.537. The van der Waals surface area contributed by atoms with Crippen molar-refractivity contribution in [2.24, 2.45) is 5.92 Å². The van der Waals surface area contributed by atoms with Crippen molar-refractivity contribution in [3.05, 3.63) is 53.4 Å². The van der Waals surface area contributed by atoms with Crippen LogP contribution in [0.1, 0.15) is 31.4 Å². The van der Waals surface area contributed by atoms with Crippen molar-refractivity contribution in [1.29, 1.82) is 0 Å².